The van der Waals surface area contributed by atoms with Crippen LogP contribution in [0.3, 0.4) is 0 Å². The predicted molar refractivity (Wildman–Crippen MR) is 66.1 cm³/mol. The summed E-state index contributed by atoms with van der Waals surface area (Å²) in [5.74, 6) is -0.350. The van der Waals surface area contributed by atoms with Crippen LogP contribution in [-0.4, -0.2) is 62.8 Å². The fourth-order valence-electron chi connectivity index (χ4n) is 1.66. The molecule has 1 aliphatic carbocycles. The van der Waals surface area contributed by atoms with Gasteiger partial charge in [0, 0.05) is 19.7 Å². The van der Waals surface area contributed by atoms with Gasteiger partial charge in [0.15, 0.2) is 0 Å². The minimum atomic E-state index is -0.269. The van der Waals surface area contributed by atoms with Crippen molar-refractivity contribution in [2.75, 3.05) is 40.0 Å². The molecule has 0 radical (unpaired) electrons. The van der Waals surface area contributed by atoms with E-state index in [2.05, 4.69) is 5.32 Å². The molecule has 0 bridgehead atoms. The molecular weight excluding hydrogens is 236 g/mol. The van der Waals surface area contributed by atoms with E-state index >= 15 is 0 Å². The molecule has 1 aliphatic rings. The lowest BCUT2D eigenvalue weighted by Crippen LogP contribution is -2.42. The summed E-state index contributed by atoms with van der Waals surface area (Å²) in [5.41, 5.74) is 0. The maximum absolute atomic E-state index is 11.6. The van der Waals surface area contributed by atoms with Gasteiger partial charge in [-0.05, 0) is 19.8 Å². The van der Waals surface area contributed by atoms with E-state index in [1.807, 2.05) is 4.90 Å². The van der Waals surface area contributed by atoms with Crippen LogP contribution >= 0.6 is 0 Å². The summed E-state index contributed by atoms with van der Waals surface area (Å²) in [4.78, 5) is 24.9. The molecule has 0 aromatic heterocycles. The number of amides is 1. The second kappa shape index (κ2) is 8.05. The fraction of sp³-hybridized carbons (Fsp3) is 0.833. The second-order valence-corrected chi connectivity index (χ2v) is 4.28. The number of hydrogen-bond donors (Lipinski definition) is 1. The van der Waals surface area contributed by atoms with Gasteiger partial charge in [0.2, 0.25) is 5.91 Å². The lowest BCUT2D eigenvalue weighted by molar-refractivity contribution is -0.144. The molecule has 0 aromatic rings. The largest absolute Gasteiger partial charge is 0.465 e. The van der Waals surface area contributed by atoms with Gasteiger partial charge in [0.05, 0.1) is 26.3 Å². The molecule has 0 aliphatic heterocycles. The molecule has 104 valence electrons. The van der Waals surface area contributed by atoms with Crippen molar-refractivity contribution in [3.63, 3.8) is 0 Å². The zero-order chi connectivity index (χ0) is 13.4. The SMILES string of the molecule is CCOC(=O)CN(CC(=O)NCCOC)C1CC1. The Bertz CT molecular complexity index is 279. The summed E-state index contributed by atoms with van der Waals surface area (Å²) >= 11 is 0. The molecule has 1 rings (SSSR count). The highest BCUT2D eigenvalue weighted by Gasteiger charge is 2.31. The summed E-state index contributed by atoms with van der Waals surface area (Å²) in [5, 5.41) is 2.74. The molecular formula is C12H22N2O4. The number of nitrogens with one attached hydrogen (secondary N) is 1. The maximum atomic E-state index is 11.6. The average molecular weight is 258 g/mol. The van der Waals surface area contributed by atoms with E-state index in [1.54, 1.807) is 14.0 Å². The third-order valence-corrected chi connectivity index (χ3v) is 2.68. The van der Waals surface area contributed by atoms with Gasteiger partial charge in [-0.25, -0.2) is 0 Å². The van der Waals surface area contributed by atoms with E-state index in [4.69, 9.17) is 9.47 Å². The smallest absolute Gasteiger partial charge is 0.320 e. The molecule has 0 saturated heterocycles. The Morgan fingerprint density at radius 1 is 1.33 bits per heavy atom. The molecule has 1 amide bonds. The highest BCUT2D eigenvalue weighted by molar-refractivity contribution is 5.79. The Labute approximate surface area is 108 Å². The van der Waals surface area contributed by atoms with E-state index < -0.39 is 0 Å². The first kappa shape index (κ1) is 14.9. The Balaban J connectivity index is 2.28. The van der Waals surface area contributed by atoms with Crippen molar-refractivity contribution in [1.82, 2.24) is 10.2 Å². The highest BCUT2D eigenvalue weighted by atomic mass is 16.5. The normalized spacial score (nSPS) is 14.6. The Kier molecular flexibility index (Phi) is 6.67. The van der Waals surface area contributed by atoms with Crippen LogP contribution < -0.4 is 5.32 Å². The van der Waals surface area contributed by atoms with Crippen LogP contribution in [0.2, 0.25) is 0 Å². The van der Waals surface area contributed by atoms with Gasteiger partial charge in [-0.2, -0.15) is 0 Å². The van der Waals surface area contributed by atoms with E-state index in [-0.39, 0.29) is 25.0 Å². The molecule has 0 aromatic carbocycles. The van der Waals surface area contributed by atoms with Gasteiger partial charge >= 0.3 is 5.97 Å². The van der Waals surface area contributed by atoms with Gasteiger partial charge in [-0.15, -0.1) is 0 Å². The molecule has 1 saturated carbocycles. The lowest BCUT2D eigenvalue weighted by atomic mass is 10.4. The summed E-state index contributed by atoms with van der Waals surface area (Å²) < 4.78 is 9.75. The molecule has 0 atom stereocenters. The van der Waals surface area contributed by atoms with E-state index in [9.17, 15) is 9.59 Å². The number of carbonyl (C=O) groups is 2. The van der Waals surface area contributed by atoms with Crippen LogP contribution in [0.1, 0.15) is 19.8 Å². The van der Waals surface area contributed by atoms with Gasteiger partial charge < -0.3 is 14.8 Å². The average Bonchev–Trinajstić information content (AvgIpc) is 3.12. The first-order valence-electron chi connectivity index (χ1n) is 6.32. The number of esters is 1. The number of hydrogen-bond acceptors (Lipinski definition) is 5. The van der Waals surface area contributed by atoms with Gasteiger partial charge in [0.25, 0.3) is 0 Å². The number of methoxy groups -OCH3 is 1. The topological polar surface area (TPSA) is 67.9 Å². The van der Waals surface area contributed by atoms with Crippen molar-refractivity contribution in [3.05, 3.63) is 0 Å². The Morgan fingerprint density at radius 2 is 2.06 bits per heavy atom. The van der Waals surface area contributed by atoms with Crippen LogP contribution in [0.4, 0.5) is 0 Å². The summed E-state index contributed by atoms with van der Waals surface area (Å²) in [6.07, 6.45) is 2.09. The third-order valence-electron chi connectivity index (χ3n) is 2.68. The molecule has 1 fully saturated rings. The van der Waals surface area contributed by atoms with Gasteiger partial charge in [0.1, 0.15) is 0 Å². The highest BCUT2D eigenvalue weighted by Crippen LogP contribution is 2.26. The van der Waals surface area contributed by atoms with Crippen molar-refractivity contribution in [2.24, 2.45) is 0 Å². The van der Waals surface area contributed by atoms with Crippen LogP contribution in [0.25, 0.3) is 0 Å². The molecule has 6 nitrogen and oxygen atoms in total. The minimum absolute atomic E-state index is 0.0803. The van der Waals surface area contributed by atoms with Crippen molar-refractivity contribution in [3.8, 4) is 0 Å². The third kappa shape index (κ3) is 5.97. The number of ether oxygens (including phenoxy) is 2. The number of nitrogens with zero attached hydrogens (tertiary/aromatic N) is 1. The Morgan fingerprint density at radius 3 is 2.61 bits per heavy atom. The molecule has 18 heavy (non-hydrogen) atoms. The monoisotopic (exact) mass is 258 g/mol. The molecule has 0 spiro atoms. The molecule has 1 N–H and O–H groups in total. The number of carbonyl (C=O) groups excluding carboxylic acids is 2. The Hall–Kier alpha value is -1.14. The zero-order valence-electron chi connectivity index (χ0n) is 11.1. The van der Waals surface area contributed by atoms with Gasteiger partial charge in [-0.1, -0.05) is 0 Å². The standard InChI is InChI=1S/C12H22N2O4/c1-3-18-12(16)9-14(10-4-5-10)8-11(15)13-6-7-17-2/h10H,3-9H2,1-2H3,(H,13,15). The quantitative estimate of drug-likeness (QED) is 0.457. The predicted octanol–water partition coefficient (Wildman–Crippen LogP) is -0.223. The number of rotatable bonds is 9. The van der Waals surface area contributed by atoms with E-state index in [1.165, 1.54) is 0 Å². The first-order valence-corrected chi connectivity index (χ1v) is 6.32. The summed E-state index contributed by atoms with van der Waals surface area (Å²) in [6, 6.07) is 0.350. The van der Waals surface area contributed by atoms with Crippen LogP contribution in [0.5, 0.6) is 0 Å². The van der Waals surface area contributed by atoms with Crippen LogP contribution in [-0.2, 0) is 19.1 Å². The van der Waals surface area contributed by atoms with Gasteiger partial charge in [-0.3, -0.25) is 14.5 Å². The lowest BCUT2D eigenvalue weighted by Gasteiger charge is -2.20. The van der Waals surface area contributed by atoms with Crippen molar-refractivity contribution in [1.29, 1.82) is 0 Å². The maximum Gasteiger partial charge on any atom is 0.320 e. The van der Waals surface area contributed by atoms with Crippen molar-refractivity contribution < 1.29 is 19.1 Å². The fourth-order valence-corrected chi connectivity index (χ4v) is 1.66. The minimum Gasteiger partial charge on any atom is -0.465 e. The molecule has 0 heterocycles. The van der Waals surface area contributed by atoms with Crippen molar-refractivity contribution >= 4 is 11.9 Å². The van der Waals surface area contributed by atoms with Crippen LogP contribution in [0, 0.1) is 0 Å². The molecule has 6 heteroatoms. The zero-order valence-corrected chi connectivity index (χ0v) is 11.1. The second-order valence-electron chi connectivity index (χ2n) is 4.28. The summed E-state index contributed by atoms with van der Waals surface area (Å²) in [6.45, 7) is 3.57. The first-order chi connectivity index (χ1) is 8.67. The van der Waals surface area contributed by atoms with Crippen LogP contribution in [0.15, 0.2) is 0 Å². The van der Waals surface area contributed by atoms with E-state index in [0.29, 0.717) is 25.8 Å². The molecule has 0 unspecified atom stereocenters. The van der Waals surface area contributed by atoms with E-state index in [0.717, 1.165) is 12.8 Å². The summed E-state index contributed by atoms with van der Waals surface area (Å²) in [7, 11) is 1.59. The van der Waals surface area contributed by atoms with Crippen molar-refractivity contribution in [2.45, 2.75) is 25.8 Å².